The van der Waals surface area contributed by atoms with Crippen LogP contribution in [0.4, 0.5) is 5.82 Å². The number of anilines is 1. The molecule has 2 aliphatic heterocycles. The number of rotatable bonds is 4. The lowest BCUT2D eigenvalue weighted by Crippen LogP contribution is -2.27. The van der Waals surface area contributed by atoms with Crippen LogP contribution in [0.2, 0.25) is 0 Å². The van der Waals surface area contributed by atoms with Gasteiger partial charge in [0, 0.05) is 24.2 Å². The van der Waals surface area contributed by atoms with Crippen molar-refractivity contribution in [2.45, 2.75) is 19.4 Å². The maximum Gasteiger partial charge on any atom is 0.161 e. The summed E-state index contributed by atoms with van der Waals surface area (Å²) in [6.07, 6.45) is 1.62. The van der Waals surface area contributed by atoms with E-state index >= 15 is 0 Å². The molecule has 1 saturated heterocycles. The normalized spacial score (nSPS) is 21.7. The summed E-state index contributed by atoms with van der Waals surface area (Å²) >= 11 is 0. The Morgan fingerprint density at radius 2 is 2.04 bits per heavy atom. The van der Waals surface area contributed by atoms with Gasteiger partial charge in [0.25, 0.3) is 0 Å². The molecule has 1 aromatic heterocycles. The van der Waals surface area contributed by atoms with Gasteiger partial charge in [-0.05, 0) is 25.3 Å². The third-order valence-electron chi connectivity index (χ3n) is 4.85. The zero-order valence-corrected chi connectivity index (χ0v) is 14.8. The molecule has 0 spiro atoms. The highest BCUT2D eigenvalue weighted by molar-refractivity contribution is 7.91. The fourth-order valence-electron chi connectivity index (χ4n) is 3.50. The SMILES string of the molecule is O=S1(=O)CC[C@H](CNc2nc(-c3ccccc3)nc3c2CCNC3)C1. The Balaban J connectivity index is 1.61. The minimum absolute atomic E-state index is 0.164. The molecule has 0 aliphatic carbocycles. The molecule has 25 heavy (non-hydrogen) atoms. The molecule has 7 heteroatoms. The molecule has 0 radical (unpaired) electrons. The van der Waals surface area contributed by atoms with E-state index in [1.165, 1.54) is 0 Å². The number of nitrogens with zero attached hydrogens (tertiary/aromatic N) is 2. The van der Waals surface area contributed by atoms with Crippen LogP contribution < -0.4 is 10.6 Å². The quantitative estimate of drug-likeness (QED) is 0.864. The summed E-state index contributed by atoms with van der Waals surface area (Å²) in [5.41, 5.74) is 3.17. The molecule has 4 rings (SSSR count). The Morgan fingerprint density at radius 3 is 2.80 bits per heavy atom. The van der Waals surface area contributed by atoms with Gasteiger partial charge < -0.3 is 10.6 Å². The summed E-state index contributed by atoms with van der Waals surface area (Å²) in [5.74, 6) is 2.32. The highest BCUT2D eigenvalue weighted by Gasteiger charge is 2.28. The van der Waals surface area contributed by atoms with Crippen molar-refractivity contribution < 1.29 is 8.42 Å². The number of benzene rings is 1. The highest BCUT2D eigenvalue weighted by atomic mass is 32.2. The minimum Gasteiger partial charge on any atom is -0.369 e. The number of fused-ring (bicyclic) bond motifs is 1. The molecule has 2 N–H and O–H groups in total. The Morgan fingerprint density at radius 1 is 1.20 bits per heavy atom. The van der Waals surface area contributed by atoms with E-state index in [9.17, 15) is 8.42 Å². The van der Waals surface area contributed by atoms with Crippen LogP contribution in [0.25, 0.3) is 11.4 Å². The second-order valence-electron chi connectivity index (χ2n) is 6.76. The number of sulfone groups is 1. The van der Waals surface area contributed by atoms with Crippen LogP contribution in [0.15, 0.2) is 30.3 Å². The highest BCUT2D eigenvalue weighted by Crippen LogP contribution is 2.26. The van der Waals surface area contributed by atoms with Gasteiger partial charge in [-0.3, -0.25) is 0 Å². The molecule has 0 saturated carbocycles. The summed E-state index contributed by atoms with van der Waals surface area (Å²) in [6, 6.07) is 9.94. The van der Waals surface area contributed by atoms with Crippen LogP contribution in [-0.4, -0.2) is 43.0 Å². The summed E-state index contributed by atoms with van der Waals surface area (Å²) in [4.78, 5) is 9.49. The second-order valence-corrected chi connectivity index (χ2v) is 8.99. The summed E-state index contributed by atoms with van der Waals surface area (Å²) in [5, 5.41) is 6.78. The summed E-state index contributed by atoms with van der Waals surface area (Å²) < 4.78 is 23.3. The van der Waals surface area contributed by atoms with Crippen LogP contribution in [0, 0.1) is 5.92 Å². The average Bonchev–Trinajstić information content (AvgIpc) is 2.99. The molecule has 0 unspecified atom stereocenters. The van der Waals surface area contributed by atoms with Crippen LogP contribution in [-0.2, 0) is 22.8 Å². The topological polar surface area (TPSA) is 84.0 Å². The predicted octanol–water partition coefficient (Wildman–Crippen LogP) is 1.64. The van der Waals surface area contributed by atoms with Crippen molar-refractivity contribution in [2.75, 3.05) is 29.9 Å². The van der Waals surface area contributed by atoms with E-state index in [0.29, 0.717) is 18.1 Å². The average molecular weight is 358 g/mol. The molecule has 0 bridgehead atoms. The van der Waals surface area contributed by atoms with Gasteiger partial charge in [-0.25, -0.2) is 18.4 Å². The molecular weight excluding hydrogens is 336 g/mol. The maximum atomic E-state index is 11.7. The van der Waals surface area contributed by atoms with Gasteiger partial charge in [0.2, 0.25) is 0 Å². The third-order valence-corrected chi connectivity index (χ3v) is 6.69. The van der Waals surface area contributed by atoms with Gasteiger partial charge in [0.15, 0.2) is 15.7 Å². The van der Waals surface area contributed by atoms with Gasteiger partial charge in [-0.15, -0.1) is 0 Å². The maximum absolute atomic E-state index is 11.7. The third kappa shape index (κ3) is 3.67. The number of nitrogens with one attached hydrogen (secondary N) is 2. The molecule has 132 valence electrons. The van der Waals surface area contributed by atoms with E-state index in [0.717, 1.165) is 48.6 Å². The van der Waals surface area contributed by atoms with E-state index < -0.39 is 9.84 Å². The lowest BCUT2D eigenvalue weighted by atomic mass is 10.1. The van der Waals surface area contributed by atoms with Gasteiger partial charge in [-0.1, -0.05) is 30.3 Å². The van der Waals surface area contributed by atoms with Crippen molar-refractivity contribution in [3.8, 4) is 11.4 Å². The molecule has 1 aromatic carbocycles. The lowest BCUT2D eigenvalue weighted by molar-refractivity contribution is 0.594. The van der Waals surface area contributed by atoms with Crippen LogP contribution in [0.1, 0.15) is 17.7 Å². The van der Waals surface area contributed by atoms with Crippen molar-refractivity contribution in [2.24, 2.45) is 5.92 Å². The van der Waals surface area contributed by atoms with Gasteiger partial charge in [0.1, 0.15) is 5.82 Å². The smallest absolute Gasteiger partial charge is 0.161 e. The standard InChI is InChI=1S/C18H22N4O2S/c23-25(24)9-7-13(12-25)10-20-18-15-6-8-19-11-16(15)21-17(22-18)14-4-2-1-3-5-14/h1-5,13,19H,6-12H2,(H,20,21,22)/t13-/m1/s1. The number of hydrogen-bond acceptors (Lipinski definition) is 6. The molecule has 3 heterocycles. The van der Waals surface area contributed by atoms with Crippen molar-refractivity contribution in [1.29, 1.82) is 0 Å². The summed E-state index contributed by atoms with van der Waals surface area (Å²) in [6.45, 7) is 2.29. The Labute approximate surface area is 148 Å². The van der Waals surface area contributed by atoms with E-state index in [4.69, 9.17) is 9.97 Å². The molecule has 2 aromatic rings. The van der Waals surface area contributed by atoms with Crippen molar-refractivity contribution in [3.05, 3.63) is 41.6 Å². The van der Waals surface area contributed by atoms with E-state index in [-0.39, 0.29) is 11.7 Å². The van der Waals surface area contributed by atoms with Crippen LogP contribution in [0.3, 0.4) is 0 Å². The van der Waals surface area contributed by atoms with Crippen molar-refractivity contribution >= 4 is 15.7 Å². The number of hydrogen-bond donors (Lipinski definition) is 2. The zero-order chi connectivity index (χ0) is 17.3. The van der Waals surface area contributed by atoms with Gasteiger partial charge in [0.05, 0.1) is 17.2 Å². The Hall–Kier alpha value is -1.99. The molecule has 2 aliphatic rings. The zero-order valence-electron chi connectivity index (χ0n) is 14.0. The molecule has 1 atom stereocenters. The van der Waals surface area contributed by atoms with Crippen LogP contribution >= 0.6 is 0 Å². The molecule has 1 fully saturated rings. The van der Waals surface area contributed by atoms with Crippen molar-refractivity contribution in [1.82, 2.24) is 15.3 Å². The largest absolute Gasteiger partial charge is 0.369 e. The first-order valence-electron chi connectivity index (χ1n) is 8.71. The second kappa shape index (κ2) is 6.72. The van der Waals surface area contributed by atoms with E-state index in [1.54, 1.807) is 0 Å². The minimum atomic E-state index is -2.85. The monoisotopic (exact) mass is 358 g/mol. The van der Waals surface area contributed by atoms with Crippen molar-refractivity contribution in [3.63, 3.8) is 0 Å². The molecule has 6 nitrogen and oxygen atoms in total. The Bertz CT molecular complexity index is 868. The van der Waals surface area contributed by atoms with E-state index in [1.807, 2.05) is 30.3 Å². The first-order valence-corrected chi connectivity index (χ1v) is 10.5. The fourth-order valence-corrected chi connectivity index (χ4v) is 5.36. The summed E-state index contributed by atoms with van der Waals surface area (Å²) in [7, 11) is -2.85. The van der Waals surface area contributed by atoms with Gasteiger partial charge in [-0.2, -0.15) is 0 Å². The Kier molecular flexibility index (Phi) is 4.43. The van der Waals surface area contributed by atoms with E-state index in [2.05, 4.69) is 10.6 Å². The molecule has 0 amide bonds. The van der Waals surface area contributed by atoms with Crippen LogP contribution in [0.5, 0.6) is 0 Å². The molecular formula is C18H22N4O2S. The first-order chi connectivity index (χ1) is 12.1. The fraction of sp³-hybridized carbons (Fsp3) is 0.444. The predicted molar refractivity (Wildman–Crippen MR) is 98.1 cm³/mol. The first kappa shape index (κ1) is 16.5. The van der Waals surface area contributed by atoms with Gasteiger partial charge >= 0.3 is 0 Å². The number of aromatic nitrogens is 2. The lowest BCUT2D eigenvalue weighted by Gasteiger charge is -2.21.